The molecule has 0 saturated carbocycles. The highest BCUT2D eigenvalue weighted by Gasteiger charge is 2.28. The highest BCUT2D eigenvalue weighted by atomic mass is 127. The Morgan fingerprint density at radius 1 is 1.35 bits per heavy atom. The fraction of sp³-hybridized carbons (Fsp3) is 0.562. The molecule has 2 atom stereocenters. The molecule has 1 aromatic carbocycles. The van der Waals surface area contributed by atoms with Gasteiger partial charge in [-0.3, -0.25) is 4.79 Å². The van der Waals surface area contributed by atoms with Crippen molar-refractivity contribution in [3.05, 3.63) is 33.4 Å². The minimum atomic E-state index is -0.784. The van der Waals surface area contributed by atoms with Crippen molar-refractivity contribution in [2.24, 2.45) is 5.92 Å². The van der Waals surface area contributed by atoms with Gasteiger partial charge in [0.25, 0.3) is 0 Å². The van der Waals surface area contributed by atoms with Crippen molar-refractivity contribution in [2.45, 2.75) is 52.2 Å². The zero-order valence-corrected chi connectivity index (χ0v) is 14.5. The molecule has 0 spiro atoms. The first kappa shape index (κ1) is 17.4. The van der Waals surface area contributed by atoms with Crippen molar-refractivity contribution in [2.75, 3.05) is 0 Å². The van der Waals surface area contributed by atoms with Gasteiger partial charge in [-0.2, -0.15) is 0 Å². The molecule has 1 rings (SSSR count). The minimum absolute atomic E-state index is 0.0617. The summed E-state index contributed by atoms with van der Waals surface area (Å²) >= 11 is 2.19. The minimum Gasteiger partial charge on any atom is -0.459 e. The molecule has 0 saturated heterocycles. The lowest BCUT2D eigenvalue weighted by Gasteiger charge is -2.27. The molecule has 1 N–H and O–H groups in total. The fourth-order valence-electron chi connectivity index (χ4n) is 1.99. The van der Waals surface area contributed by atoms with Crippen molar-refractivity contribution in [3.63, 3.8) is 0 Å². The molecule has 20 heavy (non-hydrogen) atoms. The maximum Gasteiger partial charge on any atom is 0.306 e. The van der Waals surface area contributed by atoms with E-state index in [0.717, 1.165) is 22.0 Å². The molecule has 0 aliphatic heterocycles. The van der Waals surface area contributed by atoms with Crippen molar-refractivity contribution >= 4 is 28.6 Å². The van der Waals surface area contributed by atoms with Gasteiger partial charge in [0.1, 0.15) is 12.2 Å². The molecule has 0 aliphatic rings. The van der Waals surface area contributed by atoms with Gasteiger partial charge < -0.3 is 9.84 Å². The van der Waals surface area contributed by atoms with Gasteiger partial charge in [0.05, 0.1) is 0 Å². The van der Waals surface area contributed by atoms with E-state index >= 15 is 0 Å². The zero-order chi connectivity index (χ0) is 15.1. The van der Waals surface area contributed by atoms with Crippen LogP contribution in [0.5, 0.6) is 0 Å². The second kappa shape index (κ2) is 8.62. The Morgan fingerprint density at radius 2 is 2.00 bits per heavy atom. The van der Waals surface area contributed by atoms with Crippen molar-refractivity contribution in [3.8, 4) is 0 Å². The first-order valence-electron chi connectivity index (χ1n) is 7.09. The van der Waals surface area contributed by atoms with Crippen LogP contribution in [0.15, 0.2) is 24.3 Å². The third kappa shape index (κ3) is 5.05. The number of carbonyl (C=O) groups is 1. The van der Waals surface area contributed by atoms with Crippen LogP contribution < -0.4 is 0 Å². The first-order valence-corrected chi connectivity index (χ1v) is 8.17. The summed E-state index contributed by atoms with van der Waals surface area (Å²) in [7, 11) is 0. The van der Waals surface area contributed by atoms with Crippen LogP contribution in [0, 0.1) is 9.49 Å². The van der Waals surface area contributed by atoms with Gasteiger partial charge in [-0.25, -0.2) is 0 Å². The third-order valence-corrected chi connectivity index (χ3v) is 4.18. The Morgan fingerprint density at radius 3 is 2.55 bits per heavy atom. The van der Waals surface area contributed by atoms with Crippen LogP contribution in [0.25, 0.3) is 0 Å². The summed E-state index contributed by atoms with van der Waals surface area (Å²) < 4.78 is 6.47. The van der Waals surface area contributed by atoms with Crippen LogP contribution in [0.4, 0.5) is 0 Å². The molecular weight excluding hydrogens is 367 g/mol. The van der Waals surface area contributed by atoms with E-state index in [4.69, 9.17) is 4.74 Å². The molecule has 0 radical (unpaired) electrons. The second-order valence-corrected chi connectivity index (χ2v) is 6.43. The number of aliphatic hydroxyl groups is 1. The van der Waals surface area contributed by atoms with Crippen LogP contribution in [-0.4, -0.2) is 17.2 Å². The number of halogens is 1. The maximum absolute atomic E-state index is 11.8. The van der Waals surface area contributed by atoms with E-state index in [0.29, 0.717) is 6.42 Å². The molecule has 112 valence electrons. The number of ether oxygens (including phenoxy) is 1. The SMILES string of the molecule is CCCCC(=O)O[C@@H](C(C)C)[C@@H](O)c1ccccc1I. The highest BCUT2D eigenvalue weighted by Crippen LogP contribution is 2.28. The second-order valence-electron chi connectivity index (χ2n) is 5.27. The fourth-order valence-corrected chi connectivity index (χ4v) is 2.70. The van der Waals surface area contributed by atoms with Gasteiger partial charge in [-0.05, 0) is 46.6 Å². The summed E-state index contributed by atoms with van der Waals surface area (Å²) in [5.74, 6) is -0.165. The van der Waals surface area contributed by atoms with Gasteiger partial charge in [0, 0.05) is 9.99 Å². The molecule has 0 bridgehead atoms. The van der Waals surface area contributed by atoms with Gasteiger partial charge in [0.15, 0.2) is 0 Å². The maximum atomic E-state index is 11.8. The van der Waals surface area contributed by atoms with E-state index in [1.807, 2.05) is 45.0 Å². The Balaban J connectivity index is 2.80. The van der Waals surface area contributed by atoms with E-state index in [2.05, 4.69) is 22.6 Å². The molecular formula is C16H23IO3. The molecule has 0 aliphatic carbocycles. The van der Waals surface area contributed by atoms with Crippen LogP contribution in [0.2, 0.25) is 0 Å². The van der Waals surface area contributed by atoms with Crippen LogP contribution in [-0.2, 0) is 9.53 Å². The number of rotatable bonds is 7. The van der Waals surface area contributed by atoms with Gasteiger partial charge in [-0.1, -0.05) is 45.4 Å². The molecule has 4 heteroatoms. The predicted octanol–water partition coefficient (Wildman–Crippen LogP) is 4.08. The quantitative estimate of drug-likeness (QED) is 0.564. The summed E-state index contributed by atoms with van der Waals surface area (Å²) in [4.78, 5) is 11.8. The number of esters is 1. The summed E-state index contributed by atoms with van der Waals surface area (Å²) in [6, 6.07) is 7.63. The van der Waals surface area contributed by atoms with Gasteiger partial charge >= 0.3 is 5.97 Å². The van der Waals surface area contributed by atoms with E-state index in [9.17, 15) is 9.90 Å². The number of carbonyl (C=O) groups excluding carboxylic acids is 1. The highest BCUT2D eigenvalue weighted by molar-refractivity contribution is 14.1. The monoisotopic (exact) mass is 390 g/mol. The summed E-state index contributed by atoms with van der Waals surface area (Å²) in [5.41, 5.74) is 0.815. The Labute approximate surface area is 134 Å². The predicted molar refractivity (Wildman–Crippen MR) is 88.4 cm³/mol. The Bertz CT molecular complexity index is 431. The van der Waals surface area contributed by atoms with Crippen LogP contribution in [0.3, 0.4) is 0 Å². The smallest absolute Gasteiger partial charge is 0.306 e. The number of hydrogen-bond donors (Lipinski definition) is 1. The molecule has 0 heterocycles. The first-order chi connectivity index (χ1) is 9.47. The summed E-state index contributed by atoms with van der Waals surface area (Å²) in [5, 5.41) is 10.5. The zero-order valence-electron chi connectivity index (χ0n) is 12.3. The van der Waals surface area contributed by atoms with Crippen molar-refractivity contribution in [1.29, 1.82) is 0 Å². The molecule has 0 unspecified atom stereocenters. The van der Waals surface area contributed by atoms with Gasteiger partial charge in [-0.15, -0.1) is 0 Å². The van der Waals surface area contributed by atoms with Crippen LogP contribution in [0.1, 0.15) is 51.7 Å². The molecule has 1 aromatic rings. The van der Waals surface area contributed by atoms with Crippen molar-refractivity contribution in [1.82, 2.24) is 0 Å². The lowest BCUT2D eigenvalue weighted by Crippen LogP contribution is -2.30. The van der Waals surface area contributed by atoms with E-state index < -0.39 is 12.2 Å². The van der Waals surface area contributed by atoms with Crippen molar-refractivity contribution < 1.29 is 14.6 Å². The topological polar surface area (TPSA) is 46.5 Å². The van der Waals surface area contributed by atoms with E-state index in [1.165, 1.54) is 0 Å². The molecule has 3 nitrogen and oxygen atoms in total. The van der Waals surface area contributed by atoms with E-state index in [-0.39, 0.29) is 11.9 Å². The molecule has 0 fully saturated rings. The Hall–Kier alpha value is -0.620. The average Bonchev–Trinajstić information content (AvgIpc) is 2.42. The largest absolute Gasteiger partial charge is 0.459 e. The number of hydrogen-bond acceptors (Lipinski definition) is 3. The van der Waals surface area contributed by atoms with Crippen LogP contribution >= 0.6 is 22.6 Å². The summed E-state index contributed by atoms with van der Waals surface area (Å²) in [6.45, 7) is 5.95. The standard InChI is InChI=1S/C16H23IO3/c1-4-5-10-14(18)20-16(11(2)3)15(19)12-8-6-7-9-13(12)17/h6-9,11,15-16,19H,4-5,10H2,1-3H3/t15-,16-/m0/s1. The number of aliphatic hydroxyl groups excluding tert-OH is 1. The summed E-state index contributed by atoms with van der Waals surface area (Å²) in [6.07, 6.45) is 0.908. The number of benzene rings is 1. The lowest BCUT2D eigenvalue weighted by atomic mass is 9.96. The molecule has 0 aromatic heterocycles. The Kier molecular flexibility index (Phi) is 7.51. The number of unbranched alkanes of at least 4 members (excludes halogenated alkanes) is 1. The van der Waals surface area contributed by atoms with Gasteiger partial charge in [0.2, 0.25) is 0 Å². The lowest BCUT2D eigenvalue weighted by molar-refractivity contribution is -0.159. The molecule has 0 amide bonds. The average molecular weight is 390 g/mol. The normalized spacial score (nSPS) is 14.1. The van der Waals surface area contributed by atoms with E-state index in [1.54, 1.807) is 0 Å². The third-order valence-electron chi connectivity index (χ3n) is 3.19.